The Morgan fingerprint density at radius 3 is 2.16 bits per heavy atom. The van der Waals surface area contributed by atoms with Crippen molar-refractivity contribution in [3.63, 3.8) is 0 Å². The van der Waals surface area contributed by atoms with Gasteiger partial charge in [-0.1, -0.05) is 19.3 Å². The fourth-order valence-corrected chi connectivity index (χ4v) is 4.02. The van der Waals surface area contributed by atoms with Crippen molar-refractivity contribution in [1.82, 2.24) is 9.80 Å². The number of rotatable bonds is 3. The van der Waals surface area contributed by atoms with Gasteiger partial charge in [-0.3, -0.25) is 4.79 Å². The van der Waals surface area contributed by atoms with E-state index in [1.165, 1.54) is 24.2 Å². The van der Waals surface area contributed by atoms with Gasteiger partial charge in [-0.05, 0) is 43.4 Å². The second-order valence-electron chi connectivity index (χ2n) is 6.81. The zero-order valence-electron chi connectivity index (χ0n) is 14.9. The molecule has 25 heavy (non-hydrogen) atoms. The van der Waals surface area contributed by atoms with Gasteiger partial charge in [0.2, 0.25) is 5.91 Å². The maximum atomic E-state index is 12.6. The van der Waals surface area contributed by atoms with Crippen LogP contribution in [-0.2, 0) is 4.79 Å². The summed E-state index contributed by atoms with van der Waals surface area (Å²) < 4.78 is 0. The lowest BCUT2D eigenvalue weighted by molar-refractivity contribution is -0.137. The maximum Gasteiger partial charge on any atom is 0.321 e. The summed E-state index contributed by atoms with van der Waals surface area (Å²) in [6, 6.07) is 7.77. The van der Waals surface area contributed by atoms with Crippen molar-refractivity contribution in [3.05, 3.63) is 24.3 Å². The van der Waals surface area contributed by atoms with E-state index in [9.17, 15) is 9.59 Å². The molecule has 1 aliphatic heterocycles. The molecule has 1 saturated carbocycles. The van der Waals surface area contributed by atoms with Crippen LogP contribution in [0.4, 0.5) is 10.5 Å². The molecule has 5 nitrogen and oxygen atoms in total. The van der Waals surface area contributed by atoms with E-state index in [4.69, 9.17) is 0 Å². The molecule has 1 heterocycles. The van der Waals surface area contributed by atoms with Crippen molar-refractivity contribution in [1.29, 1.82) is 0 Å². The standard InChI is InChI=1S/C19H27N3O2S/c1-25-17-9-7-16(8-10-17)20-19(24)22-13-11-21(12-14-22)18(23)15-5-3-2-4-6-15/h7-10,15H,2-6,11-14H2,1H3,(H,20,24). The Kier molecular flexibility index (Phi) is 6.24. The minimum absolute atomic E-state index is 0.0818. The van der Waals surface area contributed by atoms with Crippen LogP contribution in [0, 0.1) is 5.92 Å². The highest BCUT2D eigenvalue weighted by molar-refractivity contribution is 7.98. The molecule has 2 fully saturated rings. The maximum absolute atomic E-state index is 12.6. The van der Waals surface area contributed by atoms with E-state index in [0.717, 1.165) is 18.5 Å². The Bertz CT molecular complexity index is 591. The zero-order chi connectivity index (χ0) is 17.6. The highest BCUT2D eigenvalue weighted by Crippen LogP contribution is 2.26. The van der Waals surface area contributed by atoms with Crippen molar-refractivity contribution >= 4 is 29.4 Å². The number of amides is 3. The van der Waals surface area contributed by atoms with Gasteiger partial charge in [-0.25, -0.2) is 4.79 Å². The molecule has 3 rings (SSSR count). The van der Waals surface area contributed by atoms with Crippen LogP contribution in [0.1, 0.15) is 32.1 Å². The van der Waals surface area contributed by atoms with Gasteiger partial charge >= 0.3 is 6.03 Å². The lowest BCUT2D eigenvalue weighted by Crippen LogP contribution is -2.53. The van der Waals surface area contributed by atoms with E-state index in [1.807, 2.05) is 35.4 Å². The highest BCUT2D eigenvalue weighted by Gasteiger charge is 2.29. The molecule has 0 bridgehead atoms. The van der Waals surface area contributed by atoms with Crippen LogP contribution in [0.2, 0.25) is 0 Å². The average Bonchev–Trinajstić information content (AvgIpc) is 2.69. The fraction of sp³-hybridized carbons (Fsp3) is 0.579. The number of thioether (sulfide) groups is 1. The third-order valence-corrected chi connectivity index (χ3v) is 5.92. The monoisotopic (exact) mass is 361 g/mol. The predicted molar refractivity (Wildman–Crippen MR) is 102 cm³/mol. The van der Waals surface area contributed by atoms with Gasteiger partial charge in [0.05, 0.1) is 0 Å². The van der Waals surface area contributed by atoms with Gasteiger partial charge in [0.25, 0.3) is 0 Å². The molecule has 2 aliphatic rings. The van der Waals surface area contributed by atoms with E-state index in [2.05, 4.69) is 5.32 Å². The molecule has 1 saturated heterocycles. The quantitative estimate of drug-likeness (QED) is 0.836. The van der Waals surface area contributed by atoms with Crippen LogP contribution in [0.15, 0.2) is 29.2 Å². The molecule has 0 radical (unpaired) electrons. The first kappa shape index (κ1) is 18.1. The molecule has 1 aromatic rings. The number of nitrogens with one attached hydrogen (secondary N) is 1. The van der Waals surface area contributed by atoms with Crippen molar-refractivity contribution in [2.24, 2.45) is 5.92 Å². The summed E-state index contributed by atoms with van der Waals surface area (Å²) in [5.41, 5.74) is 0.809. The molecule has 0 spiro atoms. The lowest BCUT2D eigenvalue weighted by Gasteiger charge is -2.37. The van der Waals surface area contributed by atoms with Crippen LogP contribution < -0.4 is 5.32 Å². The summed E-state index contributed by atoms with van der Waals surface area (Å²) in [5, 5.41) is 2.94. The smallest absolute Gasteiger partial charge is 0.321 e. The first-order valence-electron chi connectivity index (χ1n) is 9.16. The van der Waals surface area contributed by atoms with Crippen molar-refractivity contribution in [3.8, 4) is 0 Å². The number of benzene rings is 1. The van der Waals surface area contributed by atoms with Crippen molar-refractivity contribution in [2.45, 2.75) is 37.0 Å². The molecule has 0 aromatic heterocycles. The van der Waals surface area contributed by atoms with Gasteiger partial charge in [0.1, 0.15) is 0 Å². The Labute approximate surface area is 154 Å². The summed E-state index contributed by atoms with van der Waals surface area (Å²) in [6.45, 7) is 2.50. The number of carbonyl (C=O) groups excluding carboxylic acids is 2. The Balaban J connectivity index is 1.47. The van der Waals surface area contributed by atoms with Gasteiger partial charge < -0.3 is 15.1 Å². The van der Waals surface area contributed by atoms with Gasteiger partial charge in [-0.15, -0.1) is 11.8 Å². The molecule has 136 valence electrons. The largest absolute Gasteiger partial charge is 0.339 e. The molecule has 1 aromatic carbocycles. The van der Waals surface area contributed by atoms with Gasteiger partial charge in [0, 0.05) is 42.7 Å². The lowest BCUT2D eigenvalue weighted by atomic mass is 9.88. The number of urea groups is 1. The van der Waals surface area contributed by atoms with Gasteiger partial charge in [-0.2, -0.15) is 0 Å². The summed E-state index contributed by atoms with van der Waals surface area (Å²) >= 11 is 1.68. The number of hydrogen-bond donors (Lipinski definition) is 1. The molecule has 0 atom stereocenters. The Hall–Kier alpha value is -1.69. The zero-order valence-corrected chi connectivity index (χ0v) is 15.7. The van der Waals surface area contributed by atoms with Crippen molar-refractivity contribution in [2.75, 3.05) is 37.8 Å². The summed E-state index contributed by atoms with van der Waals surface area (Å²) in [6.07, 6.45) is 7.71. The van der Waals surface area contributed by atoms with Gasteiger partial charge in [0.15, 0.2) is 0 Å². The van der Waals surface area contributed by atoms with Crippen LogP contribution in [-0.4, -0.2) is 54.2 Å². The Morgan fingerprint density at radius 1 is 0.960 bits per heavy atom. The first-order valence-corrected chi connectivity index (χ1v) is 10.4. The Morgan fingerprint density at radius 2 is 1.56 bits per heavy atom. The molecule has 3 amide bonds. The van der Waals surface area contributed by atoms with Crippen LogP contribution in [0.25, 0.3) is 0 Å². The number of carbonyl (C=O) groups is 2. The number of anilines is 1. The number of hydrogen-bond acceptors (Lipinski definition) is 3. The minimum Gasteiger partial charge on any atom is -0.339 e. The molecule has 6 heteroatoms. The van der Waals surface area contributed by atoms with Crippen LogP contribution in [0.3, 0.4) is 0 Å². The van der Waals surface area contributed by atoms with E-state index < -0.39 is 0 Å². The summed E-state index contributed by atoms with van der Waals surface area (Å²) in [7, 11) is 0. The average molecular weight is 362 g/mol. The normalized spacial score (nSPS) is 18.9. The third-order valence-electron chi connectivity index (χ3n) is 5.17. The van der Waals surface area contributed by atoms with E-state index in [-0.39, 0.29) is 11.9 Å². The van der Waals surface area contributed by atoms with Crippen LogP contribution >= 0.6 is 11.8 Å². The number of piperazine rings is 1. The van der Waals surface area contributed by atoms with E-state index in [0.29, 0.717) is 32.1 Å². The second-order valence-corrected chi connectivity index (χ2v) is 7.69. The second kappa shape index (κ2) is 8.61. The summed E-state index contributed by atoms with van der Waals surface area (Å²) in [5.74, 6) is 0.511. The molecular formula is C19H27N3O2S. The van der Waals surface area contributed by atoms with E-state index >= 15 is 0 Å². The first-order chi connectivity index (χ1) is 12.2. The third kappa shape index (κ3) is 4.69. The fourth-order valence-electron chi connectivity index (χ4n) is 3.61. The van der Waals surface area contributed by atoms with Crippen molar-refractivity contribution < 1.29 is 9.59 Å². The topological polar surface area (TPSA) is 52.7 Å². The molecule has 1 aliphatic carbocycles. The summed E-state index contributed by atoms with van der Waals surface area (Å²) in [4.78, 5) is 29.9. The molecule has 1 N–H and O–H groups in total. The predicted octanol–water partition coefficient (Wildman–Crippen LogP) is 3.66. The molecular weight excluding hydrogens is 334 g/mol. The minimum atomic E-state index is -0.0818. The SMILES string of the molecule is CSc1ccc(NC(=O)N2CCN(C(=O)C3CCCCC3)CC2)cc1. The molecule has 0 unspecified atom stereocenters. The highest BCUT2D eigenvalue weighted by atomic mass is 32.2. The van der Waals surface area contributed by atoms with E-state index in [1.54, 1.807) is 16.7 Å². The number of nitrogens with zero attached hydrogens (tertiary/aromatic N) is 2. The van der Waals surface area contributed by atoms with Crippen LogP contribution in [0.5, 0.6) is 0 Å².